The zero-order valence-electron chi connectivity index (χ0n) is 12.5. The first-order chi connectivity index (χ1) is 9.93. The van der Waals surface area contributed by atoms with E-state index in [-0.39, 0.29) is 23.8 Å². The molecule has 0 atom stereocenters. The topological polar surface area (TPSA) is 89.3 Å². The molecule has 0 saturated heterocycles. The molecule has 1 aromatic rings. The van der Waals surface area contributed by atoms with Crippen LogP contribution in [0.4, 0.5) is 11.4 Å². The second-order valence-corrected chi connectivity index (χ2v) is 7.44. The van der Waals surface area contributed by atoms with E-state index in [0.29, 0.717) is 24.2 Å². The van der Waals surface area contributed by atoms with E-state index in [2.05, 4.69) is 5.32 Å². The number of amides is 1. The van der Waals surface area contributed by atoms with E-state index in [1.165, 1.54) is 0 Å². The predicted molar refractivity (Wildman–Crippen MR) is 86.9 cm³/mol. The number of nitrogen functional groups attached to an aromatic ring is 1. The number of benzene rings is 1. The van der Waals surface area contributed by atoms with Crippen LogP contribution in [0.5, 0.6) is 0 Å². The fourth-order valence-electron chi connectivity index (χ4n) is 1.92. The molecule has 0 fully saturated rings. The lowest BCUT2D eigenvalue weighted by molar-refractivity contribution is -0.116. The Kier molecular flexibility index (Phi) is 7.22. The SMILES string of the molecule is CCCCCS(=O)(=O)CCCC(=O)Nc1ccc(N)cc1. The Balaban J connectivity index is 2.28. The fraction of sp³-hybridized carbons (Fsp3) is 0.533. The predicted octanol–water partition coefficient (Wildman–Crippen LogP) is 2.59. The van der Waals surface area contributed by atoms with Gasteiger partial charge in [-0.2, -0.15) is 0 Å². The summed E-state index contributed by atoms with van der Waals surface area (Å²) in [5, 5.41) is 2.72. The van der Waals surface area contributed by atoms with Crippen LogP contribution >= 0.6 is 0 Å². The molecule has 1 amide bonds. The second kappa shape index (κ2) is 8.67. The number of nitrogens with two attached hydrogens (primary N) is 1. The number of rotatable bonds is 9. The van der Waals surface area contributed by atoms with Crippen molar-refractivity contribution < 1.29 is 13.2 Å². The molecule has 21 heavy (non-hydrogen) atoms. The average Bonchev–Trinajstić information content (AvgIpc) is 2.41. The number of anilines is 2. The third kappa shape index (κ3) is 7.70. The Morgan fingerprint density at radius 1 is 1.10 bits per heavy atom. The van der Waals surface area contributed by atoms with Crippen molar-refractivity contribution in [3.05, 3.63) is 24.3 Å². The lowest BCUT2D eigenvalue weighted by Crippen LogP contribution is -2.15. The summed E-state index contributed by atoms with van der Waals surface area (Å²) in [7, 11) is -3.02. The molecule has 1 aromatic carbocycles. The first kappa shape index (κ1) is 17.5. The first-order valence-electron chi connectivity index (χ1n) is 7.29. The first-order valence-corrected chi connectivity index (χ1v) is 9.11. The summed E-state index contributed by atoms with van der Waals surface area (Å²) in [5.74, 6) is 0.121. The number of hydrogen-bond donors (Lipinski definition) is 2. The van der Waals surface area contributed by atoms with Gasteiger partial charge < -0.3 is 11.1 Å². The standard InChI is InChI=1S/C15H24N2O3S/c1-2-3-4-11-21(19,20)12-5-6-15(18)17-14-9-7-13(16)8-10-14/h7-10H,2-6,11-12,16H2,1H3,(H,17,18). The minimum atomic E-state index is -3.02. The van der Waals surface area contributed by atoms with Crippen LogP contribution in [-0.4, -0.2) is 25.8 Å². The molecule has 0 bridgehead atoms. The molecular formula is C15H24N2O3S. The zero-order valence-corrected chi connectivity index (χ0v) is 13.3. The number of carbonyl (C=O) groups is 1. The summed E-state index contributed by atoms with van der Waals surface area (Å²) in [6, 6.07) is 6.84. The molecule has 0 unspecified atom stereocenters. The monoisotopic (exact) mass is 312 g/mol. The summed E-state index contributed by atoms with van der Waals surface area (Å²) < 4.78 is 23.5. The highest BCUT2D eigenvalue weighted by Crippen LogP contribution is 2.11. The highest BCUT2D eigenvalue weighted by Gasteiger charge is 2.11. The Labute approximate surface area is 126 Å². The summed E-state index contributed by atoms with van der Waals surface area (Å²) in [4.78, 5) is 11.7. The number of carbonyl (C=O) groups excluding carboxylic acids is 1. The highest BCUT2D eigenvalue weighted by atomic mass is 32.2. The van der Waals surface area contributed by atoms with Gasteiger partial charge in [-0.05, 0) is 37.1 Å². The van der Waals surface area contributed by atoms with Crippen LogP contribution in [-0.2, 0) is 14.6 Å². The van der Waals surface area contributed by atoms with E-state index >= 15 is 0 Å². The third-order valence-electron chi connectivity index (χ3n) is 3.11. The van der Waals surface area contributed by atoms with E-state index in [0.717, 1.165) is 12.8 Å². The van der Waals surface area contributed by atoms with Gasteiger partial charge in [0, 0.05) is 17.8 Å². The van der Waals surface area contributed by atoms with Crippen LogP contribution < -0.4 is 11.1 Å². The van der Waals surface area contributed by atoms with Gasteiger partial charge in [-0.25, -0.2) is 8.42 Å². The molecule has 5 nitrogen and oxygen atoms in total. The van der Waals surface area contributed by atoms with E-state index < -0.39 is 9.84 Å². The van der Waals surface area contributed by atoms with Gasteiger partial charge in [0.15, 0.2) is 0 Å². The van der Waals surface area contributed by atoms with Crippen molar-refractivity contribution in [3.8, 4) is 0 Å². The minimum Gasteiger partial charge on any atom is -0.399 e. The smallest absolute Gasteiger partial charge is 0.224 e. The van der Waals surface area contributed by atoms with E-state index in [1.807, 2.05) is 6.92 Å². The van der Waals surface area contributed by atoms with Gasteiger partial charge in [-0.3, -0.25) is 4.79 Å². The molecule has 0 aliphatic carbocycles. The molecule has 0 spiro atoms. The van der Waals surface area contributed by atoms with Crippen molar-refractivity contribution in [3.63, 3.8) is 0 Å². The Morgan fingerprint density at radius 3 is 2.33 bits per heavy atom. The van der Waals surface area contributed by atoms with Gasteiger partial charge in [-0.1, -0.05) is 19.8 Å². The number of nitrogens with one attached hydrogen (secondary N) is 1. The molecule has 0 radical (unpaired) electrons. The molecular weight excluding hydrogens is 288 g/mol. The quantitative estimate of drug-likeness (QED) is 0.542. The van der Waals surface area contributed by atoms with Gasteiger partial charge in [0.1, 0.15) is 9.84 Å². The van der Waals surface area contributed by atoms with Crippen LogP contribution in [0.3, 0.4) is 0 Å². The molecule has 0 aliphatic rings. The maximum absolute atomic E-state index is 11.7. The molecule has 0 aromatic heterocycles. The van der Waals surface area contributed by atoms with E-state index in [1.54, 1.807) is 24.3 Å². The maximum Gasteiger partial charge on any atom is 0.224 e. The van der Waals surface area contributed by atoms with E-state index in [9.17, 15) is 13.2 Å². The molecule has 3 N–H and O–H groups in total. The van der Waals surface area contributed by atoms with Crippen LogP contribution in [0.2, 0.25) is 0 Å². The van der Waals surface area contributed by atoms with Gasteiger partial charge in [0.25, 0.3) is 0 Å². The van der Waals surface area contributed by atoms with Crippen molar-refractivity contribution in [2.45, 2.75) is 39.0 Å². The van der Waals surface area contributed by atoms with Crippen LogP contribution in [0.15, 0.2) is 24.3 Å². The number of sulfone groups is 1. The van der Waals surface area contributed by atoms with Crippen molar-refractivity contribution >= 4 is 27.1 Å². The Morgan fingerprint density at radius 2 is 1.71 bits per heavy atom. The van der Waals surface area contributed by atoms with Crippen molar-refractivity contribution in [1.82, 2.24) is 0 Å². The lowest BCUT2D eigenvalue weighted by atomic mass is 10.2. The number of unbranched alkanes of at least 4 members (excludes halogenated alkanes) is 2. The average molecular weight is 312 g/mol. The number of hydrogen-bond acceptors (Lipinski definition) is 4. The van der Waals surface area contributed by atoms with Gasteiger partial charge in [-0.15, -0.1) is 0 Å². The summed E-state index contributed by atoms with van der Waals surface area (Å²) in [6.07, 6.45) is 3.19. The molecule has 0 heterocycles. The van der Waals surface area contributed by atoms with Crippen LogP contribution in [0.25, 0.3) is 0 Å². The zero-order chi connectivity index (χ0) is 15.7. The normalized spacial score (nSPS) is 11.3. The molecule has 6 heteroatoms. The molecule has 0 aliphatic heterocycles. The summed E-state index contributed by atoms with van der Waals surface area (Å²) in [5.41, 5.74) is 6.85. The lowest BCUT2D eigenvalue weighted by Gasteiger charge is -2.06. The minimum absolute atomic E-state index is 0.0753. The maximum atomic E-state index is 11.7. The van der Waals surface area contributed by atoms with Gasteiger partial charge >= 0.3 is 0 Å². The van der Waals surface area contributed by atoms with Gasteiger partial charge in [0.05, 0.1) is 11.5 Å². The Hall–Kier alpha value is -1.56. The van der Waals surface area contributed by atoms with Crippen LogP contribution in [0, 0.1) is 0 Å². The Bertz CT molecular complexity index is 539. The van der Waals surface area contributed by atoms with Crippen molar-refractivity contribution in [1.29, 1.82) is 0 Å². The highest BCUT2D eigenvalue weighted by molar-refractivity contribution is 7.91. The van der Waals surface area contributed by atoms with Crippen molar-refractivity contribution in [2.24, 2.45) is 0 Å². The summed E-state index contributed by atoms with van der Waals surface area (Å²) in [6.45, 7) is 2.04. The van der Waals surface area contributed by atoms with Crippen molar-refractivity contribution in [2.75, 3.05) is 22.6 Å². The molecule has 118 valence electrons. The summed E-state index contributed by atoms with van der Waals surface area (Å²) >= 11 is 0. The second-order valence-electron chi connectivity index (χ2n) is 5.13. The largest absolute Gasteiger partial charge is 0.399 e. The van der Waals surface area contributed by atoms with Crippen LogP contribution in [0.1, 0.15) is 39.0 Å². The van der Waals surface area contributed by atoms with Gasteiger partial charge in [0.2, 0.25) is 5.91 Å². The molecule has 1 rings (SSSR count). The van der Waals surface area contributed by atoms with E-state index in [4.69, 9.17) is 5.73 Å². The third-order valence-corrected chi connectivity index (χ3v) is 4.93. The fourth-order valence-corrected chi connectivity index (χ4v) is 3.35. The molecule has 0 saturated carbocycles.